The lowest BCUT2D eigenvalue weighted by Gasteiger charge is -1.92. The van der Waals surface area contributed by atoms with Crippen molar-refractivity contribution in [1.29, 1.82) is 0 Å². The number of aldehydes is 1. The molecule has 0 amide bonds. The van der Waals surface area contributed by atoms with Crippen LogP contribution in [0.25, 0.3) is 0 Å². The molecule has 1 aromatic rings. The molecule has 0 aliphatic heterocycles. The number of hydrogen-bond donors (Lipinski definition) is 0. The van der Waals surface area contributed by atoms with Crippen LogP contribution in [-0.4, -0.2) is 16.1 Å². The van der Waals surface area contributed by atoms with Gasteiger partial charge in [-0.1, -0.05) is 6.92 Å². The normalized spacial score (nSPS) is 8.27. The van der Waals surface area contributed by atoms with E-state index in [1.165, 1.54) is 12.6 Å². The van der Waals surface area contributed by atoms with E-state index in [9.17, 15) is 0 Å². The Kier molecular flexibility index (Phi) is 5.07. The Morgan fingerprint density at radius 3 is 2.45 bits per heavy atom. The molecule has 0 saturated carbocycles. The minimum absolute atomic E-state index is 0.750. The molecule has 1 heterocycles. The summed E-state index contributed by atoms with van der Waals surface area (Å²) in [6, 6.07) is 2.03. The van der Waals surface area contributed by atoms with Crippen molar-refractivity contribution >= 4 is 6.29 Å². The summed E-state index contributed by atoms with van der Waals surface area (Å²) >= 11 is 0. The van der Waals surface area contributed by atoms with E-state index in [1.807, 2.05) is 24.0 Å². The molecular formula is C8H14N2O. The van der Waals surface area contributed by atoms with Gasteiger partial charge in [-0.3, -0.25) is 4.68 Å². The molecule has 11 heavy (non-hydrogen) atoms. The van der Waals surface area contributed by atoms with Crippen LogP contribution in [0.1, 0.15) is 19.5 Å². The van der Waals surface area contributed by atoms with Crippen molar-refractivity contribution in [3.8, 4) is 0 Å². The highest BCUT2D eigenvalue weighted by atomic mass is 16.1. The lowest BCUT2D eigenvalue weighted by molar-refractivity contribution is -0.106. The van der Waals surface area contributed by atoms with Crippen molar-refractivity contribution in [3.63, 3.8) is 0 Å². The smallest absolute Gasteiger partial charge is 0.116 e. The van der Waals surface area contributed by atoms with Crippen LogP contribution in [-0.2, 0) is 18.3 Å². The third-order valence-electron chi connectivity index (χ3n) is 1.28. The van der Waals surface area contributed by atoms with E-state index in [-0.39, 0.29) is 0 Å². The van der Waals surface area contributed by atoms with Gasteiger partial charge in [0.25, 0.3) is 0 Å². The number of nitrogens with zero attached hydrogens (tertiary/aromatic N) is 2. The number of carbonyl (C=O) groups is 1. The Labute approximate surface area is 67.0 Å². The largest absolute Gasteiger partial charge is 0.304 e. The Bertz CT molecular complexity index is 206. The van der Waals surface area contributed by atoms with E-state index in [0.29, 0.717) is 0 Å². The van der Waals surface area contributed by atoms with Crippen molar-refractivity contribution in [2.75, 3.05) is 0 Å². The van der Waals surface area contributed by atoms with E-state index in [0.717, 1.165) is 12.7 Å². The maximum absolute atomic E-state index is 8.81. The zero-order valence-electron chi connectivity index (χ0n) is 7.24. The molecule has 62 valence electrons. The Hall–Kier alpha value is -1.12. The standard InChI is InChI=1S/C6H10N2.C2H4O/c1-3-6-4-5-7-8(6)2;1-2-3/h4-5H,3H2,1-2H3;2H,1H3. The molecule has 0 N–H and O–H groups in total. The zero-order valence-corrected chi connectivity index (χ0v) is 7.24. The second kappa shape index (κ2) is 5.65. The predicted octanol–water partition coefficient (Wildman–Crippen LogP) is 1.19. The average Bonchev–Trinajstić information content (AvgIpc) is 2.36. The van der Waals surface area contributed by atoms with Gasteiger partial charge in [0.15, 0.2) is 0 Å². The van der Waals surface area contributed by atoms with Crippen LogP contribution in [0.3, 0.4) is 0 Å². The summed E-state index contributed by atoms with van der Waals surface area (Å²) in [5.41, 5.74) is 1.28. The molecule has 0 spiro atoms. The van der Waals surface area contributed by atoms with Crippen molar-refractivity contribution < 1.29 is 4.79 Å². The maximum Gasteiger partial charge on any atom is 0.116 e. The molecule has 0 aliphatic rings. The molecule has 0 atom stereocenters. The Morgan fingerprint density at radius 1 is 1.73 bits per heavy atom. The van der Waals surface area contributed by atoms with E-state index < -0.39 is 0 Å². The van der Waals surface area contributed by atoms with Crippen LogP contribution in [0.15, 0.2) is 12.3 Å². The fraction of sp³-hybridized carbons (Fsp3) is 0.500. The molecule has 3 heteroatoms. The van der Waals surface area contributed by atoms with Gasteiger partial charge in [0, 0.05) is 18.9 Å². The lowest BCUT2D eigenvalue weighted by Crippen LogP contribution is -1.94. The van der Waals surface area contributed by atoms with Crippen molar-refractivity contribution in [1.82, 2.24) is 9.78 Å². The summed E-state index contributed by atoms with van der Waals surface area (Å²) in [5.74, 6) is 0. The summed E-state index contributed by atoms with van der Waals surface area (Å²) in [4.78, 5) is 8.81. The third kappa shape index (κ3) is 3.55. The first-order valence-corrected chi connectivity index (χ1v) is 3.62. The number of hydrogen-bond acceptors (Lipinski definition) is 2. The minimum Gasteiger partial charge on any atom is -0.304 e. The molecule has 0 bridgehead atoms. The molecule has 3 nitrogen and oxygen atoms in total. The van der Waals surface area contributed by atoms with Gasteiger partial charge < -0.3 is 4.79 Å². The number of rotatable bonds is 1. The van der Waals surface area contributed by atoms with Crippen LogP contribution in [0.5, 0.6) is 0 Å². The summed E-state index contributed by atoms with van der Waals surface area (Å²) in [5, 5.41) is 4.00. The number of aromatic nitrogens is 2. The van der Waals surface area contributed by atoms with Gasteiger partial charge in [-0.25, -0.2) is 0 Å². The average molecular weight is 154 g/mol. The summed E-state index contributed by atoms with van der Waals surface area (Å²) in [6.07, 6.45) is 3.63. The van der Waals surface area contributed by atoms with Crippen LogP contribution in [0, 0.1) is 0 Å². The molecule has 1 rings (SSSR count). The molecule has 0 radical (unpaired) electrons. The predicted molar refractivity (Wildman–Crippen MR) is 44.3 cm³/mol. The van der Waals surface area contributed by atoms with E-state index in [2.05, 4.69) is 12.0 Å². The van der Waals surface area contributed by atoms with Gasteiger partial charge in [0.05, 0.1) is 0 Å². The molecule has 1 aromatic heterocycles. The van der Waals surface area contributed by atoms with E-state index in [1.54, 1.807) is 0 Å². The van der Waals surface area contributed by atoms with Crippen LogP contribution >= 0.6 is 0 Å². The fourth-order valence-electron chi connectivity index (χ4n) is 0.748. The monoisotopic (exact) mass is 154 g/mol. The fourth-order valence-corrected chi connectivity index (χ4v) is 0.748. The minimum atomic E-state index is 0.750. The highest BCUT2D eigenvalue weighted by Crippen LogP contribution is 1.94. The summed E-state index contributed by atoms with van der Waals surface area (Å²) < 4.78 is 1.89. The summed E-state index contributed by atoms with van der Waals surface area (Å²) in [6.45, 7) is 3.57. The second-order valence-electron chi connectivity index (χ2n) is 2.04. The first-order chi connectivity index (χ1) is 5.26. The quantitative estimate of drug-likeness (QED) is 0.569. The van der Waals surface area contributed by atoms with Gasteiger partial charge in [-0.15, -0.1) is 0 Å². The van der Waals surface area contributed by atoms with E-state index in [4.69, 9.17) is 4.79 Å². The van der Waals surface area contributed by atoms with Gasteiger partial charge in [-0.05, 0) is 19.4 Å². The Morgan fingerprint density at radius 2 is 2.27 bits per heavy atom. The Balaban J connectivity index is 0.000000292. The van der Waals surface area contributed by atoms with Gasteiger partial charge in [0.1, 0.15) is 6.29 Å². The number of carbonyl (C=O) groups excluding carboxylic acids is 1. The molecule has 0 aliphatic carbocycles. The molecular weight excluding hydrogens is 140 g/mol. The van der Waals surface area contributed by atoms with Gasteiger partial charge >= 0.3 is 0 Å². The first-order valence-electron chi connectivity index (χ1n) is 3.62. The highest BCUT2D eigenvalue weighted by Gasteiger charge is 1.90. The van der Waals surface area contributed by atoms with Crippen LogP contribution in [0.4, 0.5) is 0 Å². The lowest BCUT2D eigenvalue weighted by atomic mass is 10.3. The SMILES string of the molecule is CC=O.CCc1ccnn1C. The first kappa shape index (κ1) is 9.88. The van der Waals surface area contributed by atoms with Crippen LogP contribution < -0.4 is 0 Å². The summed E-state index contributed by atoms with van der Waals surface area (Å²) in [7, 11) is 1.96. The zero-order chi connectivity index (χ0) is 8.69. The molecule has 0 aromatic carbocycles. The molecule has 0 saturated heterocycles. The molecule has 0 unspecified atom stereocenters. The number of aryl methyl sites for hydroxylation is 2. The van der Waals surface area contributed by atoms with Gasteiger partial charge in [-0.2, -0.15) is 5.10 Å². The second-order valence-corrected chi connectivity index (χ2v) is 2.04. The third-order valence-corrected chi connectivity index (χ3v) is 1.28. The van der Waals surface area contributed by atoms with Crippen molar-refractivity contribution in [3.05, 3.63) is 18.0 Å². The van der Waals surface area contributed by atoms with Crippen molar-refractivity contribution in [2.24, 2.45) is 7.05 Å². The maximum atomic E-state index is 8.81. The molecule has 0 fully saturated rings. The highest BCUT2D eigenvalue weighted by molar-refractivity contribution is 5.44. The van der Waals surface area contributed by atoms with Gasteiger partial charge in [0.2, 0.25) is 0 Å². The van der Waals surface area contributed by atoms with E-state index >= 15 is 0 Å². The topological polar surface area (TPSA) is 34.9 Å². The van der Waals surface area contributed by atoms with Crippen LogP contribution in [0.2, 0.25) is 0 Å². The van der Waals surface area contributed by atoms with Crippen molar-refractivity contribution in [2.45, 2.75) is 20.3 Å².